The van der Waals surface area contributed by atoms with Crippen LogP contribution in [0, 0.1) is 0 Å². The number of nitrogen functional groups attached to an aromatic ring is 1. The fourth-order valence-corrected chi connectivity index (χ4v) is 2.95. The van der Waals surface area contributed by atoms with Crippen molar-refractivity contribution < 1.29 is 4.79 Å². The highest BCUT2D eigenvalue weighted by atomic mass is 35.5. The van der Waals surface area contributed by atoms with E-state index in [1.54, 1.807) is 0 Å². The Hall–Kier alpha value is -1.98. The Morgan fingerprint density at radius 3 is 2.42 bits per heavy atom. The van der Waals surface area contributed by atoms with Crippen LogP contribution in [0.1, 0.15) is 30.4 Å². The van der Waals surface area contributed by atoms with E-state index in [9.17, 15) is 4.79 Å². The van der Waals surface area contributed by atoms with Crippen LogP contribution in [0.25, 0.3) is 0 Å². The maximum atomic E-state index is 12.1. The zero-order chi connectivity index (χ0) is 16.8. The van der Waals surface area contributed by atoms with Crippen molar-refractivity contribution in [3.8, 4) is 0 Å². The van der Waals surface area contributed by atoms with Crippen LogP contribution in [0.5, 0.6) is 0 Å². The molecule has 1 aliphatic rings. The number of rotatable bonds is 5. The Balaban J connectivity index is 0.00000169. The first-order valence-corrected chi connectivity index (χ1v) is 8.52. The average molecular weight is 397 g/mol. The number of amides is 1. The van der Waals surface area contributed by atoms with Crippen LogP contribution in [-0.4, -0.2) is 24.0 Å². The first-order valence-electron chi connectivity index (χ1n) is 8.52. The Morgan fingerprint density at radius 1 is 1.04 bits per heavy atom. The summed E-state index contributed by atoms with van der Waals surface area (Å²) in [4.78, 5) is 18.9. The molecular formula is C19H26Cl2N4O. The van der Waals surface area contributed by atoms with Gasteiger partial charge in [-0.2, -0.15) is 0 Å². The quantitative estimate of drug-likeness (QED) is 0.759. The number of hydrogen-bond acceptors (Lipinski definition) is 4. The van der Waals surface area contributed by atoms with E-state index >= 15 is 0 Å². The number of hydrogen-bond donors (Lipinski definition) is 2. The predicted molar refractivity (Wildman–Crippen MR) is 111 cm³/mol. The molecule has 1 aliphatic heterocycles. The number of anilines is 2. The third kappa shape index (κ3) is 6.39. The first kappa shape index (κ1) is 22.1. The van der Waals surface area contributed by atoms with Gasteiger partial charge in [0.2, 0.25) is 5.91 Å². The Bertz CT molecular complexity index is 688. The van der Waals surface area contributed by atoms with Gasteiger partial charge in [-0.15, -0.1) is 24.8 Å². The second-order valence-corrected chi connectivity index (χ2v) is 6.27. The van der Waals surface area contributed by atoms with Crippen LogP contribution in [0.2, 0.25) is 0 Å². The van der Waals surface area contributed by atoms with Crippen LogP contribution in [0.15, 0.2) is 42.6 Å². The van der Waals surface area contributed by atoms with Crippen molar-refractivity contribution in [1.82, 2.24) is 10.3 Å². The normalized spacial score (nSPS) is 13.3. The number of carbonyl (C=O) groups is 1. The summed E-state index contributed by atoms with van der Waals surface area (Å²) in [6.07, 6.45) is 5.95. The summed E-state index contributed by atoms with van der Waals surface area (Å²) in [5, 5.41) is 2.98. The SMILES string of the molecule is Cl.Cl.Nc1ccc(CC(=O)NCc2ccnc(N3CCCCC3)c2)cc1. The zero-order valence-corrected chi connectivity index (χ0v) is 16.3. The predicted octanol–water partition coefficient (Wildman–Crippen LogP) is 3.36. The topological polar surface area (TPSA) is 71.2 Å². The van der Waals surface area contributed by atoms with E-state index in [2.05, 4.69) is 21.3 Å². The lowest BCUT2D eigenvalue weighted by atomic mass is 10.1. The number of aromatic nitrogens is 1. The van der Waals surface area contributed by atoms with Gasteiger partial charge in [-0.25, -0.2) is 4.98 Å². The van der Waals surface area contributed by atoms with Gasteiger partial charge < -0.3 is 16.0 Å². The number of nitrogens with zero attached hydrogens (tertiary/aromatic N) is 2. The number of benzene rings is 1. The molecule has 142 valence electrons. The molecule has 0 spiro atoms. The highest BCUT2D eigenvalue weighted by Gasteiger charge is 2.12. The van der Waals surface area contributed by atoms with E-state index in [1.807, 2.05) is 36.5 Å². The minimum Gasteiger partial charge on any atom is -0.399 e. The van der Waals surface area contributed by atoms with Gasteiger partial charge in [0.15, 0.2) is 0 Å². The summed E-state index contributed by atoms with van der Waals surface area (Å²) in [6, 6.07) is 11.4. The van der Waals surface area contributed by atoms with E-state index in [4.69, 9.17) is 5.73 Å². The van der Waals surface area contributed by atoms with Crippen molar-refractivity contribution in [1.29, 1.82) is 0 Å². The van der Waals surface area contributed by atoms with Gasteiger partial charge >= 0.3 is 0 Å². The largest absolute Gasteiger partial charge is 0.399 e. The summed E-state index contributed by atoms with van der Waals surface area (Å²) in [5.41, 5.74) is 8.41. The van der Waals surface area contributed by atoms with E-state index in [0.29, 0.717) is 18.7 Å². The molecule has 2 heterocycles. The lowest BCUT2D eigenvalue weighted by molar-refractivity contribution is -0.120. The van der Waals surface area contributed by atoms with Crippen molar-refractivity contribution in [2.24, 2.45) is 0 Å². The number of halogens is 2. The summed E-state index contributed by atoms with van der Waals surface area (Å²) < 4.78 is 0. The number of nitrogens with one attached hydrogen (secondary N) is 1. The third-order valence-corrected chi connectivity index (χ3v) is 4.32. The summed E-state index contributed by atoms with van der Waals surface area (Å²) in [7, 11) is 0. The second-order valence-electron chi connectivity index (χ2n) is 6.27. The molecule has 0 radical (unpaired) electrons. The van der Waals surface area contributed by atoms with Crippen molar-refractivity contribution in [3.63, 3.8) is 0 Å². The molecule has 1 saturated heterocycles. The fourth-order valence-electron chi connectivity index (χ4n) is 2.95. The molecule has 1 amide bonds. The Kier molecular flexibility index (Phi) is 9.24. The lowest BCUT2D eigenvalue weighted by Crippen LogP contribution is -2.30. The smallest absolute Gasteiger partial charge is 0.224 e. The molecule has 1 fully saturated rings. The molecule has 26 heavy (non-hydrogen) atoms. The third-order valence-electron chi connectivity index (χ3n) is 4.32. The van der Waals surface area contributed by atoms with E-state index in [1.165, 1.54) is 19.3 Å². The highest BCUT2D eigenvalue weighted by molar-refractivity contribution is 5.85. The van der Waals surface area contributed by atoms with E-state index in [-0.39, 0.29) is 30.7 Å². The van der Waals surface area contributed by atoms with Gasteiger partial charge in [0, 0.05) is 31.5 Å². The molecule has 7 heteroatoms. The molecule has 0 aliphatic carbocycles. The van der Waals surface area contributed by atoms with Crippen LogP contribution in [-0.2, 0) is 17.8 Å². The van der Waals surface area contributed by atoms with Gasteiger partial charge in [-0.05, 0) is 54.7 Å². The van der Waals surface area contributed by atoms with E-state index in [0.717, 1.165) is 30.0 Å². The monoisotopic (exact) mass is 396 g/mol. The number of piperidine rings is 1. The van der Waals surface area contributed by atoms with Gasteiger partial charge in [0.25, 0.3) is 0 Å². The minimum absolute atomic E-state index is 0. The van der Waals surface area contributed by atoms with Crippen LogP contribution in [0.3, 0.4) is 0 Å². The number of carbonyl (C=O) groups excluding carboxylic acids is 1. The van der Waals surface area contributed by atoms with E-state index < -0.39 is 0 Å². The summed E-state index contributed by atoms with van der Waals surface area (Å²) in [6.45, 7) is 2.66. The second kappa shape index (κ2) is 10.9. The lowest BCUT2D eigenvalue weighted by Gasteiger charge is -2.27. The zero-order valence-electron chi connectivity index (χ0n) is 14.7. The molecule has 3 N–H and O–H groups in total. The standard InChI is InChI=1S/C19H24N4O.2ClH/c20-17-6-4-15(5-7-17)13-19(24)22-14-16-8-9-21-18(12-16)23-10-2-1-3-11-23;;/h4-9,12H,1-3,10-11,13-14,20H2,(H,22,24);2*1H. The maximum Gasteiger partial charge on any atom is 0.224 e. The molecular weight excluding hydrogens is 371 g/mol. The van der Waals surface area contributed by atoms with Crippen LogP contribution < -0.4 is 16.0 Å². The number of pyridine rings is 1. The van der Waals surface area contributed by atoms with Crippen molar-refractivity contribution in [3.05, 3.63) is 53.7 Å². The average Bonchev–Trinajstić information content (AvgIpc) is 2.63. The molecule has 2 aromatic rings. The van der Waals surface area contributed by atoms with Crippen molar-refractivity contribution in [2.45, 2.75) is 32.2 Å². The fraction of sp³-hybridized carbons (Fsp3) is 0.368. The molecule has 0 atom stereocenters. The molecule has 3 rings (SSSR count). The first-order chi connectivity index (χ1) is 11.7. The summed E-state index contributed by atoms with van der Waals surface area (Å²) in [5.74, 6) is 1.02. The highest BCUT2D eigenvalue weighted by Crippen LogP contribution is 2.18. The molecule has 1 aromatic heterocycles. The molecule has 0 bridgehead atoms. The van der Waals surface area contributed by atoms with Crippen LogP contribution in [0.4, 0.5) is 11.5 Å². The van der Waals surface area contributed by atoms with Crippen LogP contribution >= 0.6 is 24.8 Å². The number of nitrogens with two attached hydrogens (primary N) is 1. The molecule has 1 aromatic carbocycles. The summed E-state index contributed by atoms with van der Waals surface area (Å²) >= 11 is 0. The maximum absolute atomic E-state index is 12.1. The van der Waals surface area contributed by atoms with Gasteiger partial charge in [0.05, 0.1) is 6.42 Å². The Labute approximate surface area is 167 Å². The van der Waals surface area contributed by atoms with Gasteiger partial charge in [-0.3, -0.25) is 4.79 Å². The Morgan fingerprint density at radius 2 is 1.73 bits per heavy atom. The van der Waals surface area contributed by atoms with Crippen molar-refractivity contribution in [2.75, 3.05) is 23.7 Å². The van der Waals surface area contributed by atoms with Gasteiger partial charge in [-0.1, -0.05) is 12.1 Å². The minimum atomic E-state index is 0. The van der Waals surface area contributed by atoms with Crippen molar-refractivity contribution >= 4 is 42.2 Å². The molecule has 0 unspecified atom stereocenters. The molecule has 5 nitrogen and oxygen atoms in total. The molecule has 0 saturated carbocycles. The van der Waals surface area contributed by atoms with Gasteiger partial charge in [0.1, 0.15) is 5.82 Å².